The van der Waals surface area contributed by atoms with Gasteiger partial charge < -0.3 is 20.2 Å². The van der Waals surface area contributed by atoms with E-state index in [9.17, 15) is 18.0 Å². The summed E-state index contributed by atoms with van der Waals surface area (Å²) in [5.74, 6) is -1.97. The molecule has 1 heterocycles. The first-order chi connectivity index (χ1) is 19.6. The van der Waals surface area contributed by atoms with Gasteiger partial charge in [0.15, 0.2) is 0 Å². The van der Waals surface area contributed by atoms with E-state index in [1.165, 1.54) is 57.2 Å². The van der Waals surface area contributed by atoms with Crippen LogP contribution in [0.2, 0.25) is 5.02 Å². The molecule has 6 nitrogen and oxygen atoms in total. The Balaban J connectivity index is 0.000000587. The van der Waals surface area contributed by atoms with Gasteiger partial charge in [0.25, 0.3) is 0 Å². The number of urea groups is 1. The maximum absolute atomic E-state index is 13.2. The average molecular weight is 596 g/mol. The van der Waals surface area contributed by atoms with Gasteiger partial charge in [-0.15, -0.1) is 0 Å². The Morgan fingerprint density at radius 2 is 1.59 bits per heavy atom. The van der Waals surface area contributed by atoms with Crippen LogP contribution in [-0.4, -0.2) is 65.3 Å². The number of alkyl halides is 3. The highest BCUT2D eigenvalue weighted by Gasteiger charge is 2.38. The Hall–Kier alpha value is -2.78. The van der Waals surface area contributed by atoms with Crippen molar-refractivity contribution in [3.8, 4) is 0 Å². The van der Waals surface area contributed by atoms with Crippen molar-refractivity contribution in [3.05, 3.63) is 70.7 Å². The fourth-order valence-corrected chi connectivity index (χ4v) is 5.68. The molecule has 0 unspecified atom stereocenters. The van der Waals surface area contributed by atoms with Gasteiger partial charge in [-0.05, 0) is 87.3 Å². The molecule has 2 aromatic carbocycles. The summed E-state index contributed by atoms with van der Waals surface area (Å²) in [7, 11) is 0. The molecule has 0 spiro atoms. The number of rotatable bonds is 9. The lowest BCUT2D eigenvalue weighted by atomic mass is 9.90. The molecule has 226 valence electrons. The molecule has 10 heteroatoms. The van der Waals surface area contributed by atoms with E-state index in [1.54, 1.807) is 0 Å². The smallest absolute Gasteiger partial charge is 0.475 e. The first-order valence-corrected chi connectivity index (χ1v) is 14.8. The van der Waals surface area contributed by atoms with Crippen LogP contribution in [0.4, 0.5) is 18.0 Å². The molecule has 2 amide bonds. The van der Waals surface area contributed by atoms with Crippen LogP contribution in [-0.2, 0) is 17.8 Å². The standard InChI is InChI=1S/C29H40ClN3O.C2HF3O2/c30-27-12-7-11-26(22-27)23-33(29(34)31-28-13-5-2-6-14-28)18-8-17-32-19-15-25(16-20-32)21-24-9-3-1-4-10-24;3-2(4,5)1(6)7/h1,3-4,7,9-12,22,25,28H,2,5-6,8,13-21,23H2,(H,31,34);(H,6,7). The van der Waals surface area contributed by atoms with Gasteiger partial charge in [-0.2, -0.15) is 13.2 Å². The number of nitrogens with one attached hydrogen (secondary N) is 1. The number of hydrogen-bond donors (Lipinski definition) is 2. The van der Waals surface area contributed by atoms with Crippen LogP contribution in [0.1, 0.15) is 62.5 Å². The van der Waals surface area contributed by atoms with Gasteiger partial charge in [-0.1, -0.05) is 73.3 Å². The predicted octanol–water partition coefficient (Wildman–Crippen LogP) is 7.16. The van der Waals surface area contributed by atoms with E-state index in [-0.39, 0.29) is 6.03 Å². The van der Waals surface area contributed by atoms with Crippen molar-refractivity contribution >= 4 is 23.6 Å². The maximum atomic E-state index is 13.2. The molecule has 1 saturated carbocycles. The Kier molecular flexibility index (Phi) is 13.3. The normalized spacial score (nSPS) is 16.9. The third kappa shape index (κ3) is 12.3. The summed E-state index contributed by atoms with van der Waals surface area (Å²) in [6.45, 7) is 4.77. The molecule has 0 bridgehead atoms. The molecule has 2 aromatic rings. The van der Waals surface area contributed by atoms with Gasteiger partial charge in [-0.25, -0.2) is 9.59 Å². The first-order valence-electron chi connectivity index (χ1n) is 14.5. The van der Waals surface area contributed by atoms with Gasteiger partial charge in [0.1, 0.15) is 0 Å². The fraction of sp³-hybridized carbons (Fsp3) is 0.548. The summed E-state index contributed by atoms with van der Waals surface area (Å²) in [5, 5.41) is 11.2. The lowest BCUT2D eigenvalue weighted by molar-refractivity contribution is -0.192. The molecule has 1 aliphatic heterocycles. The molecule has 1 saturated heterocycles. The molecule has 2 fully saturated rings. The predicted molar refractivity (Wildman–Crippen MR) is 155 cm³/mol. The highest BCUT2D eigenvalue weighted by Crippen LogP contribution is 2.22. The number of benzene rings is 2. The van der Waals surface area contributed by atoms with Crippen molar-refractivity contribution < 1.29 is 27.9 Å². The second-order valence-corrected chi connectivity index (χ2v) is 11.4. The second-order valence-electron chi connectivity index (χ2n) is 11.0. The van der Waals surface area contributed by atoms with Crippen LogP contribution in [0.15, 0.2) is 54.6 Å². The summed E-state index contributed by atoms with van der Waals surface area (Å²) < 4.78 is 31.7. The molecule has 0 atom stereocenters. The molecule has 0 aromatic heterocycles. The zero-order valence-electron chi connectivity index (χ0n) is 23.4. The molecule has 0 radical (unpaired) electrons. The summed E-state index contributed by atoms with van der Waals surface area (Å²) in [5.41, 5.74) is 2.55. The zero-order chi connectivity index (χ0) is 29.7. The van der Waals surface area contributed by atoms with Crippen molar-refractivity contribution in [2.75, 3.05) is 26.2 Å². The second kappa shape index (κ2) is 16.6. The number of carbonyl (C=O) groups is 2. The van der Waals surface area contributed by atoms with E-state index in [0.717, 1.165) is 48.9 Å². The minimum absolute atomic E-state index is 0.0773. The van der Waals surface area contributed by atoms with E-state index in [1.807, 2.05) is 23.1 Å². The summed E-state index contributed by atoms with van der Waals surface area (Å²) in [4.78, 5) is 26.6. The number of piperidine rings is 1. The SMILES string of the molecule is O=C(NC1CCCCC1)N(CCCN1CCC(Cc2ccccc2)CC1)Cc1cccc(Cl)c1.O=C(O)C(F)(F)F. The summed E-state index contributed by atoms with van der Waals surface area (Å²) >= 11 is 6.21. The molecule has 1 aliphatic carbocycles. The van der Waals surface area contributed by atoms with Crippen molar-refractivity contribution in [1.29, 1.82) is 0 Å². The molecule has 4 rings (SSSR count). The number of carboxylic acid groups (broad SMARTS) is 1. The highest BCUT2D eigenvalue weighted by molar-refractivity contribution is 6.30. The zero-order valence-corrected chi connectivity index (χ0v) is 24.2. The van der Waals surface area contributed by atoms with Gasteiger partial charge in [0.05, 0.1) is 0 Å². The van der Waals surface area contributed by atoms with Crippen LogP contribution < -0.4 is 5.32 Å². The lowest BCUT2D eigenvalue weighted by Crippen LogP contribution is -2.46. The van der Waals surface area contributed by atoms with Crippen molar-refractivity contribution in [3.63, 3.8) is 0 Å². The quantitative estimate of drug-likeness (QED) is 0.323. The van der Waals surface area contributed by atoms with Gasteiger partial charge in [-0.3, -0.25) is 0 Å². The summed E-state index contributed by atoms with van der Waals surface area (Å²) in [6.07, 6.45) is 5.60. The van der Waals surface area contributed by atoms with Crippen LogP contribution in [0.5, 0.6) is 0 Å². The minimum Gasteiger partial charge on any atom is -0.475 e. The van der Waals surface area contributed by atoms with Crippen molar-refractivity contribution in [2.45, 2.75) is 76.6 Å². The van der Waals surface area contributed by atoms with E-state index < -0.39 is 12.1 Å². The molecule has 2 aliphatic rings. The van der Waals surface area contributed by atoms with Crippen LogP contribution in [0.3, 0.4) is 0 Å². The Morgan fingerprint density at radius 3 is 2.20 bits per heavy atom. The van der Waals surface area contributed by atoms with E-state index in [2.05, 4.69) is 46.6 Å². The van der Waals surface area contributed by atoms with Gasteiger partial charge in [0.2, 0.25) is 0 Å². The minimum atomic E-state index is -5.08. The Morgan fingerprint density at radius 1 is 0.951 bits per heavy atom. The number of aliphatic carboxylic acids is 1. The van der Waals surface area contributed by atoms with Crippen LogP contribution in [0, 0.1) is 5.92 Å². The number of hydrogen-bond acceptors (Lipinski definition) is 3. The maximum Gasteiger partial charge on any atom is 0.490 e. The first kappa shape index (κ1) is 32.7. The molecule has 2 N–H and O–H groups in total. The van der Waals surface area contributed by atoms with Crippen LogP contribution in [0.25, 0.3) is 0 Å². The largest absolute Gasteiger partial charge is 0.490 e. The van der Waals surface area contributed by atoms with Crippen molar-refractivity contribution in [2.24, 2.45) is 5.92 Å². The van der Waals surface area contributed by atoms with Gasteiger partial charge in [0, 0.05) is 24.2 Å². The van der Waals surface area contributed by atoms with E-state index in [4.69, 9.17) is 21.5 Å². The number of halogens is 4. The average Bonchev–Trinajstić information content (AvgIpc) is 2.94. The molecular formula is C31H41ClF3N3O3. The fourth-order valence-electron chi connectivity index (χ4n) is 5.47. The van der Waals surface area contributed by atoms with Crippen molar-refractivity contribution in [1.82, 2.24) is 15.1 Å². The lowest BCUT2D eigenvalue weighted by Gasteiger charge is -2.33. The highest BCUT2D eigenvalue weighted by atomic mass is 35.5. The number of nitrogens with zero attached hydrogens (tertiary/aromatic N) is 2. The number of amides is 2. The van der Waals surface area contributed by atoms with E-state index in [0.29, 0.717) is 12.6 Å². The molecule has 41 heavy (non-hydrogen) atoms. The van der Waals surface area contributed by atoms with E-state index >= 15 is 0 Å². The monoisotopic (exact) mass is 595 g/mol. The number of carboxylic acids is 1. The Labute approximate surface area is 245 Å². The number of carbonyl (C=O) groups excluding carboxylic acids is 1. The third-order valence-corrected chi connectivity index (χ3v) is 7.94. The Bertz CT molecular complexity index is 1070. The molecular weight excluding hydrogens is 555 g/mol. The number of likely N-dealkylation sites (tertiary alicyclic amines) is 1. The van der Waals surface area contributed by atoms with Gasteiger partial charge >= 0.3 is 18.2 Å². The third-order valence-electron chi connectivity index (χ3n) is 7.70. The topological polar surface area (TPSA) is 72.9 Å². The van der Waals surface area contributed by atoms with Crippen LogP contribution >= 0.6 is 11.6 Å². The summed E-state index contributed by atoms with van der Waals surface area (Å²) in [6, 6.07) is 19.2.